The number of ether oxygens (including phenoxy) is 1. The van der Waals surface area contributed by atoms with Gasteiger partial charge in [-0.1, -0.05) is 18.2 Å². The van der Waals surface area contributed by atoms with E-state index in [0.717, 1.165) is 13.0 Å². The molecule has 5 nitrogen and oxygen atoms in total. The highest BCUT2D eigenvalue weighted by molar-refractivity contribution is 5.77. The Hall–Kier alpha value is -2.14. The molecule has 1 aliphatic heterocycles. The van der Waals surface area contributed by atoms with Crippen LogP contribution in [0, 0.1) is 0 Å². The first-order valence-corrected chi connectivity index (χ1v) is 8.85. The molecular weight excluding hydrogens is 314 g/mol. The average Bonchev–Trinajstić information content (AvgIpc) is 2.92. The molecule has 0 amide bonds. The molecule has 1 aromatic carbocycles. The van der Waals surface area contributed by atoms with E-state index in [2.05, 4.69) is 44.2 Å². The third-order valence-corrected chi connectivity index (χ3v) is 4.81. The van der Waals surface area contributed by atoms with Crippen molar-refractivity contribution in [2.24, 2.45) is 0 Å². The summed E-state index contributed by atoms with van der Waals surface area (Å²) in [6, 6.07) is 8.20. The lowest BCUT2D eigenvalue weighted by Crippen LogP contribution is -2.44. The van der Waals surface area contributed by atoms with Gasteiger partial charge in [-0.2, -0.15) is 4.98 Å². The van der Waals surface area contributed by atoms with Gasteiger partial charge in [0.05, 0.1) is 10.9 Å². The minimum Gasteiger partial charge on any atom is -0.460 e. The molecule has 0 bridgehead atoms. The molecule has 2 heterocycles. The number of likely N-dealkylation sites (tertiary alicyclic amines) is 1. The van der Waals surface area contributed by atoms with Crippen molar-refractivity contribution >= 4 is 10.9 Å². The SMILES string of the molecule is C=CCn1c(O[C@@H]2C[C@H](C)N(C(C)(C)C)C2)nc2ccccc2c1=O. The van der Waals surface area contributed by atoms with E-state index in [0.29, 0.717) is 29.5 Å². The third kappa shape index (κ3) is 3.47. The van der Waals surface area contributed by atoms with Crippen LogP contribution >= 0.6 is 0 Å². The summed E-state index contributed by atoms with van der Waals surface area (Å²) < 4.78 is 7.78. The number of rotatable bonds is 4. The molecule has 2 atom stereocenters. The van der Waals surface area contributed by atoms with Crippen LogP contribution in [0.3, 0.4) is 0 Å². The minimum atomic E-state index is -0.0841. The van der Waals surface area contributed by atoms with Crippen LogP contribution < -0.4 is 10.3 Å². The van der Waals surface area contributed by atoms with E-state index in [1.165, 1.54) is 0 Å². The van der Waals surface area contributed by atoms with Crippen molar-refractivity contribution in [3.05, 3.63) is 47.3 Å². The summed E-state index contributed by atoms with van der Waals surface area (Å²) in [4.78, 5) is 19.8. The zero-order valence-electron chi connectivity index (χ0n) is 15.5. The van der Waals surface area contributed by atoms with Crippen LogP contribution in [0.25, 0.3) is 10.9 Å². The van der Waals surface area contributed by atoms with Crippen molar-refractivity contribution in [3.8, 4) is 6.01 Å². The lowest BCUT2D eigenvalue weighted by atomic mass is 10.1. The molecule has 0 aliphatic carbocycles. The summed E-state index contributed by atoms with van der Waals surface area (Å²) >= 11 is 0. The topological polar surface area (TPSA) is 47.4 Å². The van der Waals surface area contributed by atoms with E-state index in [1.54, 1.807) is 16.7 Å². The van der Waals surface area contributed by atoms with Crippen molar-refractivity contribution in [2.75, 3.05) is 6.54 Å². The first kappa shape index (κ1) is 17.7. The number of para-hydroxylation sites is 1. The molecule has 5 heteroatoms. The Morgan fingerprint density at radius 3 is 2.72 bits per heavy atom. The Bertz CT molecular complexity index is 835. The lowest BCUT2D eigenvalue weighted by molar-refractivity contribution is 0.111. The summed E-state index contributed by atoms with van der Waals surface area (Å²) in [6.45, 7) is 13.8. The standard InChI is InChI=1S/C20H27N3O2/c1-6-11-22-18(24)16-9-7-8-10-17(16)21-19(22)25-15-12-14(2)23(13-15)20(3,4)5/h6-10,14-15H,1,11-13H2,2-5H3/t14-,15+/m0/s1. The maximum Gasteiger partial charge on any atom is 0.300 e. The molecule has 134 valence electrons. The second kappa shape index (κ2) is 6.64. The summed E-state index contributed by atoms with van der Waals surface area (Å²) in [7, 11) is 0. The molecule has 3 rings (SSSR count). The van der Waals surface area contributed by atoms with Crippen LogP contribution in [0.4, 0.5) is 0 Å². The van der Waals surface area contributed by atoms with E-state index < -0.39 is 0 Å². The molecule has 25 heavy (non-hydrogen) atoms. The summed E-state index contributed by atoms with van der Waals surface area (Å²) in [5, 5.41) is 0.604. The van der Waals surface area contributed by atoms with Gasteiger partial charge >= 0.3 is 0 Å². The van der Waals surface area contributed by atoms with Crippen molar-refractivity contribution in [2.45, 2.75) is 58.3 Å². The highest BCUT2D eigenvalue weighted by Crippen LogP contribution is 2.28. The van der Waals surface area contributed by atoms with Crippen molar-refractivity contribution < 1.29 is 4.74 Å². The fourth-order valence-electron chi connectivity index (χ4n) is 3.68. The van der Waals surface area contributed by atoms with Gasteiger partial charge in [0.15, 0.2) is 0 Å². The van der Waals surface area contributed by atoms with Gasteiger partial charge in [-0.05, 0) is 39.8 Å². The largest absolute Gasteiger partial charge is 0.460 e. The Balaban J connectivity index is 1.95. The van der Waals surface area contributed by atoms with Gasteiger partial charge in [-0.25, -0.2) is 0 Å². The van der Waals surface area contributed by atoms with Crippen LogP contribution in [0.1, 0.15) is 34.1 Å². The zero-order valence-corrected chi connectivity index (χ0v) is 15.5. The normalized spacial score (nSPS) is 21.6. The van der Waals surface area contributed by atoms with Crippen LogP contribution in [0.5, 0.6) is 6.01 Å². The third-order valence-electron chi connectivity index (χ3n) is 4.81. The first-order chi connectivity index (χ1) is 11.8. The van der Waals surface area contributed by atoms with E-state index >= 15 is 0 Å². The molecule has 0 N–H and O–H groups in total. The quantitative estimate of drug-likeness (QED) is 0.801. The van der Waals surface area contributed by atoms with Crippen molar-refractivity contribution in [1.82, 2.24) is 14.5 Å². The number of hydrogen-bond donors (Lipinski definition) is 0. The summed E-state index contributed by atoms with van der Waals surface area (Å²) in [5.41, 5.74) is 0.676. The molecule has 0 spiro atoms. The van der Waals surface area contributed by atoms with Gasteiger partial charge in [0.25, 0.3) is 11.6 Å². The van der Waals surface area contributed by atoms with Crippen LogP contribution in [-0.2, 0) is 6.54 Å². The Morgan fingerprint density at radius 1 is 1.36 bits per heavy atom. The molecule has 1 fully saturated rings. The molecule has 0 unspecified atom stereocenters. The zero-order chi connectivity index (χ0) is 18.2. The first-order valence-electron chi connectivity index (χ1n) is 8.85. The average molecular weight is 341 g/mol. The summed E-state index contributed by atoms with van der Waals surface area (Å²) in [6.07, 6.45) is 2.65. The second-order valence-corrected chi connectivity index (χ2v) is 7.76. The van der Waals surface area contributed by atoms with Gasteiger partial charge in [-0.3, -0.25) is 14.3 Å². The molecule has 0 saturated carbocycles. The van der Waals surface area contributed by atoms with Gasteiger partial charge in [0.1, 0.15) is 6.10 Å². The number of nitrogens with zero attached hydrogens (tertiary/aromatic N) is 3. The van der Waals surface area contributed by atoms with Gasteiger partial charge in [0.2, 0.25) is 0 Å². The fraction of sp³-hybridized carbons (Fsp3) is 0.500. The van der Waals surface area contributed by atoms with Crippen LogP contribution in [0.15, 0.2) is 41.7 Å². The fourth-order valence-corrected chi connectivity index (χ4v) is 3.68. The Kier molecular flexibility index (Phi) is 4.69. The van der Waals surface area contributed by atoms with Gasteiger partial charge < -0.3 is 4.74 Å². The number of fused-ring (bicyclic) bond motifs is 1. The molecule has 1 aliphatic rings. The number of benzene rings is 1. The number of allylic oxidation sites excluding steroid dienone is 1. The highest BCUT2D eigenvalue weighted by Gasteiger charge is 2.37. The maximum atomic E-state index is 12.8. The molecular formula is C20H27N3O2. The maximum absolute atomic E-state index is 12.8. The highest BCUT2D eigenvalue weighted by atomic mass is 16.5. The molecule has 0 radical (unpaired) electrons. The monoisotopic (exact) mass is 341 g/mol. The predicted molar refractivity (Wildman–Crippen MR) is 101 cm³/mol. The van der Waals surface area contributed by atoms with E-state index in [9.17, 15) is 4.79 Å². The van der Waals surface area contributed by atoms with Crippen LogP contribution in [-0.4, -0.2) is 38.7 Å². The molecule has 1 saturated heterocycles. The van der Waals surface area contributed by atoms with E-state index in [4.69, 9.17) is 4.74 Å². The molecule has 1 aromatic heterocycles. The van der Waals surface area contributed by atoms with E-state index in [-0.39, 0.29) is 17.2 Å². The Labute approximate surface area is 148 Å². The number of hydrogen-bond acceptors (Lipinski definition) is 4. The van der Waals surface area contributed by atoms with Crippen molar-refractivity contribution in [3.63, 3.8) is 0 Å². The molecule has 2 aromatic rings. The van der Waals surface area contributed by atoms with E-state index in [1.807, 2.05) is 18.2 Å². The minimum absolute atomic E-state index is 0.0263. The van der Waals surface area contributed by atoms with Crippen molar-refractivity contribution in [1.29, 1.82) is 0 Å². The second-order valence-electron chi connectivity index (χ2n) is 7.76. The van der Waals surface area contributed by atoms with Crippen LogP contribution in [0.2, 0.25) is 0 Å². The van der Waals surface area contributed by atoms with Gasteiger partial charge in [-0.15, -0.1) is 6.58 Å². The smallest absolute Gasteiger partial charge is 0.300 e. The summed E-state index contributed by atoms with van der Waals surface area (Å²) in [5.74, 6) is 0. The Morgan fingerprint density at radius 2 is 2.08 bits per heavy atom. The number of aromatic nitrogens is 2. The predicted octanol–water partition coefficient (Wildman–Crippen LogP) is 3.22. The van der Waals surface area contributed by atoms with Gasteiger partial charge in [0, 0.05) is 31.1 Å². The lowest BCUT2D eigenvalue weighted by Gasteiger charge is -2.35.